The number of halogens is 1. The van der Waals surface area contributed by atoms with Crippen molar-refractivity contribution in [2.75, 3.05) is 19.8 Å². The van der Waals surface area contributed by atoms with Gasteiger partial charge in [0.1, 0.15) is 0 Å². The Labute approximate surface area is 147 Å². The Morgan fingerprint density at radius 2 is 1.68 bits per heavy atom. The molecule has 0 saturated heterocycles. The van der Waals surface area contributed by atoms with Crippen LogP contribution in [0.15, 0.2) is 48.5 Å². The van der Waals surface area contributed by atoms with Gasteiger partial charge in [-0.1, -0.05) is 48.5 Å². The number of hydrogen-bond acceptors (Lipinski definition) is 3. The summed E-state index contributed by atoms with van der Waals surface area (Å²) in [6.07, 6.45) is 0.676. The number of amides is 1. The predicted octanol–water partition coefficient (Wildman–Crippen LogP) is 2.75. The van der Waals surface area contributed by atoms with Gasteiger partial charge >= 0.3 is 0 Å². The normalized spacial score (nSPS) is 12.1. The van der Waals surface area contributed by atoms with Gasteiger partial charge in [0, 0.05) is 18.9 Å². The maximum absolute atomic E-state index is 12.0. The second-order valence-corrected chi connectivity index (χ2v) is 6.09. The first kappa shape index (κ1) is 19.1. The van der Waals surface area contributed by atoms with Crippen LogP contribution in [0.3, 0.4) is 0 Å². The fourth-order valence-corrected chi connectivity index (χ4v) is 2.72. The third kappa shape index (κ3) is 5.96. The van der Waals surface area contributed by atoms with Gasteiger partial charge in [-0.3, -0.25) is 9.18 Å². The smallest absolute Gasteiger partial charge is 0.218 e. The lowest BCUT2D eigenvalue weighted by Gasteiger charge is -2.13. The highest BCUT2D eigenvalue weighted by Gasteiger charge is 2.13. The van der Waals surface area contributed by atoms with Crippen molar-refractivity contribution in [3.8, 4) is 11.1 Å². The van der Waals surface area contributed by atoms with E-state index in [1.54, 1.807) is 0 Å². The minimum Gasteiger partial charge on any atom is -0.396 e. The molecular weight excluding hydrogens is 319 g/mol. The monoisotopic (exact) mass is 344 g/mol. The summed E-state index contributed by atoms with van der Waals surface area (Å²) < 4.78 is 12.0. The van der Waals surface area contributed by atoms with E-state index in [9.17, 15) is 14.3 Å². The lowest BCUT2D eigenvalue weighted by Crippen LogP contribution is -2.17. The molecule has 1 atom stereocenters. The zero-order chi connectivity index (χ0) is 18.1. The number of alkyl halides is 1. The molecule has 0 saturated carbocycles. The van der Waals surface area contributed by atoms with Crippen molar-refractivity contribution in [1.82, 2.24) is 5.32 Å². The average molecular weight is 344 g/mol. The number of aliphatic hydroxyl groups excluding tert-OH is 1. The van der Waals surface area contributed by atoms with E-state index in [4.69, 9.17) is 5.73 Å². The Bertz CT molecular complexity index is 656. The minimum absolute atomic E-state index is 0.105. The Morgan fingerprint density at radius 3 is 2.20 bits per heavy atom. The van der Waals surface area contributed by atoms with E-state index in [0.29, 0.717) is 13.0 Å². The molecule has 0 aliphatic carbocycles. The van der Waals surface area contributed by atoms with Crippen LogP contribution in [0, 0.1) is 0 Å². The van der Waals surface area contributed by atoms with Gasteiger partial charge in [0.15, 0.2) is 0 Å². The zero-order valence-electron chi connectivity index (χ0n) is 14.2. The molecule has 0 unspecified atom stereocenters. The third-order valence-corrected chi connectivity index (χ3v) is 4.15. The number of carbonyl (C=O) groups is 1. The van der Waals surface area contributed by atoms with Crippen molar-refractivity contribution in [1.29, 1.82) is 0 Å². The quantitative estimate of drug-likeness (QED) is 0.580. The van der Waals surface area contributed by atoms with Crippen molar-refractivity contribution < 1.29 is 14.3 Å². The summed E-state index contributed by atoms with van der Waals surface area (Å²) >= 11 is 0. The van der Waals surface area contributed by atoms with Gasteiger partial charge in [0.05, 0.1) is 13.3 Å². The average Bonchev–Trinajstić information content (AvgIpc) is 2.64. The summed E-state index contributed by atoms with van der Waals surface area (Å²) in [7, 11) is 0. The molecule has 0 fully saturated rings. The Balaban J connectivity index is 2.00. The number of benzene rings is 2. The molecule has 0 spiro atoms. The van der Waals surface area contributed by atoms with E-state index in [-0.39, 0.29) is 25.6 Å². The predicted molar refractivity (Wildman–Crippen MR) is 97.8 cm³/mol. The first-order valence-corrected chi connectivity index (χ1v) is 8.49. The first-order valence-electron chi connectivity index (χ1n) is 8.49. The molecule has 1 amide bonds. The Hall–Kier alpha value is -2.24. The lowest BCUT2D eigenvalue weighted by molar-refractivity contribution is -0.118. The molecule has 0 radical (unpaired) electrons. The van der Waals surface area contributed by atoms with Gasteiger partial charge in [-0.25, -0.2) is 0 Å². The molecule has 0 bridgehead atoms. The van der Waals surface area contributed by atoms with Crippen LogP contribution in [0.1, 0.15) is 29.9 Å². The van der Waals surface area contributed by atoms with E-state index in [1.807, 2.05) is 36.4 Å². The Kier molecular flexibility index (Phi) is 7.57. The lowest BCUT2D eigenvalue weighted by atomic mass is 9.94. The van der Waals surface area contributed by atoms with Crippen LogP contribution in [0.5, 0.6) is 0 Å². The maximum Gasteiger partial charge on any atom is 0.218 e. The van der Waals surface area contributed by atoms with Gasteiger partial charge in [-0.15, -0.1) is 0 Å². The topological polar surface area (TPSA) is 75.4 Å². The molecule has 2 aromatic carbocycles. The summed E-state index contributed by atoms with van der Waals surface area (Å²) in [6.45, 7) is 1.01. The van der Waals surface area contributed by atoms with Crippen LogP contribution in [0.25, 0.3) is 11.1 Å². The number of rotatable bonds is 10. The van der Waals surface area contributed by atoms with Crippen LogP contribution in [-0.2, 0) is 11.3 Å². The Morgan fingerprint density at radius 1 is 1.08 bits per heavy atom. The van der Waals surface area contributed by atoms with E-state index >= 15 is 0 Å². The number of primary amides is 1. The molecule has 2 rings (SSSR count). The minimum atomic E-state index is -0.418. The molecule has 4 nitrogen and oxygen atoms in total. The van der Waals surface area contributed by atoms with E-state index in [0.717, 1.165) is 28.8 Å². The van der Waals surface area contributed by atoms with Crippen LogP contribution >= 0.6 is 0 Å². The summed E-state index contributed by atoms with van der Waals surface area (Å²) in [6, 6.07) is 16.0. The number of nitrogens with one attached hydrogen (secondary N) is 1. The molecule has 134 valence electrons. The van der Waals surface area contributed by atoms with Gasteiger partial charge in [-0.05, 0) is 35.2 Å². The highest BCUT2D eigenvalue weighted by molar-refractivity contribution is 5.75. The summed E-state index contributed by atoms with van der Waals surface area (Å²) in [5, 5.41) is 12.6. The summed E-state index contributed by atoms with van der Waals surface area (Å²) in [5.74, 6) is -0.678. The molecule has 0 aliphatic heterocycles. The molecule has 25 heavy (non-hydrogen) atoms. The molecule has 2 aromatic rings. The van der Waals surface area contributed by atoms with Crippen LogP contribution in [-0.4, -0.2) is 30.8 Å². The van der Waals surface area contributed by atoms with Gasteiger partial charge in [0.2, 0.25) is 5.91 Å². The summed E-state index contributed by atoms with van der Waals surface area (Å²) in [4.78, 5) is 11.1. The zero-order valence-corrected chi connectivity index (χ0v) is 14.2. The van der Waals surface area contributed by atoms with Crippen molar-refractivity contribution in [2.24, 2.45) is 5.73 Å². The van der Waals surface area contributed by atoms with E-state index < -0.39 is 5.91 Å². The molecule has 0 aromatic heterocycles. The first-order chi connectivity index (χ1) is 12.1. The van der Waals surface area contributed by atoms with Gasteiger partial charge in [0.25, 0.3) is 0 Å². The summed E-state index contributed by atoms with van der Waals surface area (Å²) in [5.41, 5.74) is 9.43. The van der Waals surface area contributed by atoms with Crippen molar-refractivity contribution in [3.05, 3.63) is 59.7 Å². The fraction of sp³-hybridized carbons (Fsp3) is 0.350. The molecule has 0 aliphatic rings. The van der Waals surface area contributed by atoms with Gasteiger partial charge < -0.3 is 16.2 Å². The number of nitrogens with two attached hydrogens (primary N) is 1. The molecular formula is C20H25FN2O2. The SMILES string of the molecule is NC(=O)C[C@H](CO)c1ccc(-c2ccc(CNCCCF)cc2)cc1. The fourth-order valence-electron chi connectivity index (χ4n) is 2.72. The second-order valence-electron chi connectivity index (χ2n) is 6.09. The maximum atomic E-state index is 12.0. The van der Waals surface area contributed by atoms with Gasteiger partial charge in [-0.2, -0.15) is 0 Å². The van der Waals surface area contributed by atoms with E-state index in [1.165, 1.54) is 0 Å². The van der Waals surface area contributed by atoms with Crippen molar-refractivity contribution >= 4 is 5.91 Å². The highest BCUT2D eigenvalue weighted by Crippen LogP contribution is 2.24. The van der Waals surface area contributed by atoms with E-state index in [2.05, 4.69) is 17.4 Å². The molecule has 4 N–H and O–H groups in total. The highest BCUT2D eigenvalue weighted by atomic mass is 19.1. The third-order valence-electron chi connectivity index (χ3n) is 4.15. The van der Waals surface area contributed by atoms with Crippen LogP contribution in [0.4, 0.5) is 4.39 Å². The number of carbonyl (C=O) groups excluding carboxylic acids is 1. The molecule has 5 heteroatoms. The number of aliphatic hydroxyl groups is 1. The molecule has 0 heterocycles. The number of hydrogen-bond donors (Lipinski definition) is 3. The largest absolute Gasteiger partial charge is 0.396 e. The van der Waals surface area contributed by atoms with Crippen molar-refractivity contribution in [3.63, 3.8) is 0 Å². The van der Waals surface area contributed by atoms with Crippen LogP contribution in [0.2, 0.25) is 0 Å². The standard InChI is InChI=1S/C20H25FN2O2/c21-10-1-11-23-13-15-2-4-16(5-3-15)17-6-8-18(9-7-17)19(14-24)12-20(22)25/h2-9,19,23-24H,1,10-14H2,(H2,22,25)/t19-/m1/s1. The van der Waals surface area contributed by atoms with Crippen LogP contribution < -0.4 is 11.1 Å². The van der Waals surface area contributed by atoms with Crippen molar-refractivity contribution in [2.45, 2.75) is 25.3 Å². The second kappa shape index (κ2) is 9.91.